The molecule has 0 heterocycles. The highest BCUT2D eigenvalue weighted by molar-refractivity contribution is 6.05. The molecule has 0 aliphatic heterocycles. The number of methoxy groups -OCH3 is 1. The molecule has 0 saturated heterocycles. The van der Waals surface area contributed by atoms with Crippen LogP contribution in [0.15, 0.2) is 72.8 Å². The van der Waals surface area contributed by atoms with Crippen LogP contribution in [0.3, 0.4) is 0 Å². The van der Waals surface area contributed by atoms with Gasteiger partial charge in [-0.15, -0.1) is 0 Å². The zero-order chi connectivity index (χ0) is 20.6. The van der Waals surface area contributed by atoms with Gasteiger partial charge in [-0.25, -0.2) is 0 Å². The molecule has 0 unspecified atom stereocenters. The summed E-state index contributed by atoms with van der Waals surface area (Å²) in [6.07, 6.45) is 0. The molecule has 0 bridgehead atoms. The minimum absolute atomic E-state index is 0.147. The summed E-state index contributed by atoms with van der Waals surface area (Å²) in [5.74, 6) is 0.589. The fraction of sp³-hybridized carbons (Fsp3) is 0.130. The van der Waals surface area contributed by atoms with E-state index in [1.807, 2.05) is 31.2 Å². The number of carbonyl (C=O) groups is 2. The summed E-state index contributed by atoms with van der Waals surface area (Å²) < 4.78 is 10.7. The van der Waals surface area contributed by atoms with E-state index >= 15 is 0 Å². The molecule has 2 amide bonds. The molecule has 0 atom stereocenters. The Bertz CT molecular complexity index is 1000. The van der Waals surface area contributed by atoms with Crippen LogP contribution in [0, 0.1) is 6.92 Å². The molecule has 29 heavy (non-hydrogen) atoms. The number of ether oxygens (including phenoxy) is 2. The first-order valence-electron chi connectivity index (χ1n) is 9.09. The molecule has 0 radical (unpaired) electrons. The first-order valence-corrected chi connectivity index (χ1v) is 9.09. The molecule has 0 aromatic heterocycles. The van der Waals surface area contributed by atoms with Crippen LogP contribution in [-0.4, -0.2) is 25.5 Å². The lowest BCUT2D eigenvalue weighted by Crippen LogP contribution is -2.20. The lowest BCUT2D eigenvalue weighted by Gasteiger charge is -2.11. The second-order valence-corrected chi connectivity index (χ2v) is 6.33. The third-order valence-electron chi connectivity index (χ3n) is 4.24. The normalized spacial score (nSPS) is 10.1. The molecule has 0 aliphatic rings. The summed E-state index contributed by atoms with van der Waals surface area (Å²) in [4.78, 5) is 24.5. The first-order chi connectivity index (χ1) is 14.1. The standard InChI is InChI=1S/C23H22N2O4/c1-16-7-3-4-8-19(16)23(27)25-18-13-11-17(12-14-18)24-22(26)15-29-21-10-6-5-9-20(21)28-2/h3-14H,15H2,1-2H3,(H,24,26)(H,25,27). The topological polar surface area (TPSA) is 76.7 Å². The van der Waals surface area contributed by atoms with Gasteiger partial charge in [0.1, 0.15) is 0 Å². The van der Waals surface area contributed by atoms with Gasteiger partial charge >= 0.3 is 0 Å². The Balaban J connectivity index is 1.54. The van der Waals surface area contributed by atoms with Crippen LogP contribution in [0.4, 0.5) is 11.4 Å². The minimum atomic E-state index is -0.299. The summed E-state index contributed by atoms with van der Waals surface area (Å²) in [7, 11) is 1.54. The van der Waals surface area contributed by atoms with Crippen LogP contribution in [0.1, 0.15) is 15.9 Å². The van der Waals surface area contributed by atoms with Gasteiger partial charge < -0.3 is 20.1 Å². The SMILES string of the molecule is COc1ccccc1OCC(=O)Nc1ccc(NC(=O)c2ccccc2C)cc1. The van der Waals surface area contributed by atoms with Crippen molar-refractivity contribution in [2.45, 2.75) is 6.92 Å². The highest BCUT2D eigenvalue weighted by Gasteiger charge is 2.10. The van der Waals surface area contributed by atoms with Crippen molar-refractivity contribution in [2.75, 3.05) is 24.4 Å². The van der Waals surface area contributed by atoms with Crippen molar-refractivity contribution < 1.29 is 19.1 Å². The molecule has 148 valence electrons. The summed E-state index contributed by atoms with van der Waals surface area (Å²) in [5, 5.41) is 5.60. The molecule has 0 fully saturated rings. The number of hydrogen-bond donors (Lipinski definition) is 2. The smallest absolute Gasteiger partial charge is 0.262 e. The van der Waals surface area contributed by atoms with E-state index in [0.717, 1.165) is 5.56 Å². The van der Waals surface area contributed by atoms with E-state index in [1.54, 1.807) is 55.6 Å². The molecule has 3 aromatic carbocycles. The number of aryl methyl sites for hydroxylation is 1. The number of rotatable bonds is 7. The molecule has 3 aromatic rings. The monoisotopic (exact) mass is 390 g/mol. The fourth-order valence-electron chi connectivity index (χ4n) is 2.74. The van der Waals surface area contributed by atoms with Gasteiger partial charge in [0.05, 0.1) is 7.11 Å². The van der Waals surface area contributed by atoms with E-state index in [9.17, 15) is 9.59 Å². The summed E-state index contributed by atoms with van der Waals surface area (Å²) in [6, 6.07) is 21.4. The number of amides is 2. The lowest BCUT2D eigenvalue weighted by molar-refractivity contribution is -0.118. The Labute approximate surface area is 169 Å². The van der Waals surface area contributed by atoms with Crippen LogP contribution >= 0.6 is 0 Å². The number of hydrogen-bond acceptors (Lipinski definition) is 4. The van der Waals surface area contributed by atoms with Crippen LogP contribution in [0.5, 0.6) is 11.5 Å². The van der Waals surface area contributed by atoms with Gasteiger partial charge in [0.15, 0.2) is 18.1 Å². The van der Waals surface area contributed by atoms with Gasteiger partial charge in [0.25, 0.3) is 11.8 Å². The van der Waals surface area contributed by atoms with Crippen molar-refractivity contribution in [3.05, 3.63) is 83.9 Å². The Morgan fingerprint density at radius 1 is 0.793 bits per heavy atom. The largest absolute Gasteiger partial charge is 0.493 e. The molecule has 0 spiro atoms. The van der Waals surface area contributed by atoms with Crippen molar-refractivity contribution in [3.8, 4) is 11.5 Å². The number of carbonyl (C=O) groups excluding carboxylic acids is 2. The molecule has 6 nitrogen and oxygen atoms in total. The molecular weight excluding hydrogens is 368 g/mol. The van der Waals surface area contributed by atoms with Crippen LogP contribution in [0.25, 0.3) is 0 Å². The van der Waals surface area contributed by atoms with E-state index in [-0.39, 0.29) is 18.4 Å². The third-order valence-corrected chi connectivity index (χ3v) is 4.24. The first kappa shape index (κ1) is 19.9. The lowest BCUT2D eigenvalue weighted by atomic mass is 10.1. The number of para-hydroxylation sites is 2. The second kappa shape index (κ2) is 9.41. The Hall–Kier alpha value is -3.80. The molecular formula is C23H22N2O4. The summed E-state index contributed by atoms with van der Waals surface area (Å²) in [6.45, 7) is 1.74. The number of nitrogens with one attached hydrogen (secondary N) is 2. The third kappa shape index (κ3) is 5.35. The zero-order valence-electron chi connectivity index (χ0n) is 16.3. The maximum Gasteiger partial charge on any atom is 0.262 e. The average Bonchev–Trinajstić information content (AvgIpc) is 2.74. The van der Waals surface area contributed by atoms with Gasteiger partial charge in [-0.1, -0.05) is 30.3 Å². The molecule has 2 N–H and O–H groups in total. The molecule has 3 rings (SSSR count). The summed E-state index contributed by atoms with van der Waals surface area (Å²) >= 11 is 0. The van der Waals surface area contributed by atoms with Crippen LogP contribution in [-0.2, 0) is 4.79 Å². The highest BCUT2D eigenvalue weighted by atomic mass is 16.5. The van der Waals surface area contributed by atoms with Gasteiger partial charge in [-0.3, -0.25) is 9.59 Å². The minimum Gasteiger partial charge on any atom is -0.493 e. The van der Waals surface area contributed by atoms with Crippen LogP contribution < -0.4 is 20.1 Å². The zero-order valence-corrected chi connectivity index (χ0v) is 16.3. The Morgan fingerprint density at radius 2 is 1.38 bits per heavy atom. The van der Waals surface area contributed by atoms with Gasteiger partial charge in [-0.05, 0) is 55.0 Å². The molecule has 0 saturated carbocycles. The van der Waals surface area contributed by atoms with Gasteiger partial charge in [0, 0.05) is 16.9 Å². The highest BCUT2D eigenvalue weighted by Crippen LogP contribution is 2.25. The van der Waals surface area contributed by atoms with Crippen LogP contribution in [0.2, 0.25) is 0 Å². The van der Waals surface area contributed by atoms with E-state index in [0.29, 0.717) is 28.4 Å². The van der Waals surface area contributed by atoms with Gasteiger partial charge in [0.2, 0.25) is 0 Å². The molecule has 0 aliphatic carbocycles. The Morgan fingerprint density at radius 3 is 2.03 bits per heavy atom. The van der Waals surface area contributed by atoms with E-state index < -0.39 is 0 Å². The number of benzene rings is 3. The van der Waals surface area contributed by atoms with E-state index in [1.165, 1.54) is 0 Å². The van der Waals surface area contributed by atoms with Gasteiger partial charge in [-0.2, -0.15) is 0 Å². The number of anilines is 2. The van der Waals surface area contributed by atoms with E-state index in [2.05, 4.69) is 10.6 Å². The van der Waals surface area contributed by atoms with Crippen molar-refractivity contribution >= 4 is 23.2 Å². The quantitative estimate of drug-likeness (QED) is 0.632. The Kier molecular flexibility index (Phi) is 6.47. The predicted octanol–water partition coefficient (Wildman–Crippen LogP) is 4.27. The van der Waals surface area contributed by atoms with Crippen molar-refractivity contribution in [1.82, 2.24) is 0 Å². The fourth-order valence-corrected chi connectivity index (χ4v) is 2.74. The summed E-state index contributed by atoms with van der Waals surface area (Å²) in [5.41, 5.74) is 2.77. The maximum absolute atomic E-state index is 12.4. The average molecular weight is 390 g/mol. The van der Waals surface area contributed by atoms with Crippen molar-refractivity contribution in [3.63, 3.8) is 0 Å². The van der Waals surface area contributed by atoms with Crippen molar-refractivity contribution in [1.29, 1.82) is 0 Å². The second-order valence-electron chi connectivity index (χ2n) is 6.33. The predicted molar refractivity (Wildman–Crippen MR) is 113 cm³/mol. The van der Waals surface area contributed by atoms with Crippen molar-refractivity contribution in [2.24, 2.45) is 0 Å². The van der Waals surface area contributed by atoms with E-state index in [4.69, 9.17) is 9.47 Å². The molecule has 6 heteroatoms. The maximum atomic E-state index is 12.4.